The highest BCUT2D eigenvalue weighted by Crippen LogP contribution is 2.38. The van der Waals surface area contributed by atoms with Crippen LogP contribution in [0.2, 0.25) is 0 Å². The summed E-state index contributed by atoms with van der Waals surface area (Å²) in [5.74, 6) is -1.43. The maximum Gasteiger partial charge on any atom is 0.684 e. The molecule has 1 spiro atoms. The average molecular weight is 403 g/mol. The first kappa shape index (κ1) is 19.1. The monoisotopic (exact) mass is 403 g/mol. The van der Waals surface area contributed by atoms with E-state index >= 15 is 0 Å². The molecule has 5 nitrogen and oxygen atoms in total. The van der Waals surface area contributed by atoms with Gasteiger partial charge in [-0.15, -0.1) is 0 Å². The van der Waals surface area contributed by atoms with Gasteiger partial charge in [0.25, 0.3) is 11.9 Å². The van der Waals surface area contributed by atoms with E-state index in [9.17, 15) is 9.59 Å². The number of nitrogens with zero attached hydrogens (tertiary/aromatic N) is 1. The first-order chi connectivity index (χ1) is 14.5. The number of hydrogen-bond acceptors (Lipinski definition) is 4. The minimum atomic E-state index is -2.44. The average Bonchev–Trinajstić information content (AvgIpc) is 3.01. The molecule has 30 heavy (non-hydrogen) atoms. The zero-order chi connectivity index (χ0) is 20.9. The fraction of sp³-hybridized carbons (Fsp3) is 0.375. The lowest BCUT2D eigenvalue weighted by Gasteiger charge is -2.35. The minimum Gasteiger partial charge on any atom is -0.592 e. The molecule has 0 aromatic heterocycles. The highest BCUT2D eigenvalue weighted by atomic mass is 16.7. The van der Waals surface area contributed by atoms with E-state index in [4.69, 9.17) is 9.31 Å². The number of hydrogen-bond donors (Lipinski definition) is 0. The molecule has 0 N–H and O–H groups in total. The van der Waals surface area contributed by atoms with E-state index in [2.05, 4.69) is 31.2 Å². The van der Waals surface area contributed by atoms with E-state index in [0.29, 0.717) is 12.8 Å². The molecular weight excluding hydrogens is 377 g/mol. The zero-order valence-corrected chi connectivity index (χ0v) is 17.4. The number of aryl methyl sites for hydroxylation is 1. The summed E-state index contributed by atoms with van der Waals surface area (Å²) in [5.41, 5.74) is 3.93. The first-order valence-electron chi connectivity index (χ1n) is 10.9. The maximum absolute atomic E-state index is 13.2. The number of benzene rings is 2. The molecule has 5 rings (SSSR count). The van der Waals surface area contributed by atoms with Crippen LogP contribution in [0.25, 0.3) is 0 Å². The molecule has 1 saturated heterocycles. The number of carbonyl (C=O) groups excluding carboxylic acids is 2. The second kappa shape index (κ2) is 7.12. The number of carbonyl (C=O) groups is 2. The van der Waals surface area contributed by atoms with Crippen LogP contribution in [0.3, 0.4) is 0 Å². The van der Waals surface area contributed by atoms with Crippen molar-refractivity contribution in [3.8, 4) is 0 Å². The molecule has 1 saturated carbocycles. The Balaban J connectivity index is 1.63. The third kappa shape index (κ3) is 2.89. The van der Waals surface area contributed by atoms with Gasteiger partial charge in [0.1, 0.15) is 12.3 Å². The van der Waals surface area contributed by atoms with Crippen LogP contribution >= 0.6 is 0 Å². The van der Waals surface area contributed by atoms with Crippen LogP contribution in [0.5, 0.6) is 0 Å². The van der Waals surface area contributed by atoms with Gasteiger partial charge in [-0.1, -0.05) is 66.9 Å². The van der Waals surface area contributed by atoms with Crippen LogP contribution in [0.15, 0.2) is 48.5 Å². The first-order valence-corrected chi connectivity index (χ1v) is 10.9. The van der Waals surface area contributed by atoms with Gasteiger partial charge in [0, 0.05) is 11.1 Å². The Hall–Kier alpha value is -2.89. The van der Waals surface area contributed by atoms with Crippen molar-refractivity contribution in [2.75, 3.05) is 0 Å². The fourth-order valence-corrected chi connectivity index (χ4v) is 5.26. The van der Waals surface area contributed by atoms with Crippen molar-refractivity contribution in [2.24, 2.45) is 11.8 Å². The summed E-state index contributed by atoms with van der Waals surface area (Å²) < 4.78 is 14.3. The zero-order valence-electron chi connectivity index (χ0n) is 17.4. The second-order valence-electron chi connectivity index (χ2n) is 8.83. The third-order valence-corrected chi connectivity index (χ3v) is 7.00. The van der Waals surface area contributed by atoms with E-state index < -0.39 is 18.5 Å². The Bertz CT molecular complexity index is 1020. The summed E-state index contributed by atoms with van der Waals surface area (Å²) in [6, 6.07) is 15.8. The molecule has 6 heteroatoms. The minimum absolute atomic E-state index is 0.140. The highest BCUT2D eigenvalue weighted by Gasteiger charge is 2.60. The molecule has 3 atom stereocenters. The van der Waals surface area contributed by atoms with E-state index in [1.165, 1.54) is 5.56 Å². The molecule has 3 aliphatic rings. The van der Waals surface area contributed by atoms with Gasteiger partial charge in [-0.25, -0.2) is 0 Å². The van der Waals surface area contributed by atoms with E-state index in [0.717, 1.165) is 29.4 Å². The van der Waals surface area contributed by atoms with Gasteiger partial charge in [-0.3, -0.25) is 9.59 Å². The Kier molecular flexibility index (Phi) is 4.53. The maximum atomic E-state index is 13.2. The van der Waals surface area contributed by atoms with Crippen molar-refractivity contribution in [3.63, 3.8) is 0 Å². The molecule has 2 fully saturated rings. The van der Waals surface area contributed by atoms with Gasteiger partial charge in [0.2, 0.25) is 0 Å². The smallest absolute Gasteiger partial charge is 0.592 e. The van der Waals surface area contributed by atoms with Crippen LogP contribution in [0.4, 0.5) is 0 Å². The van der Waals surface area contributed by atoms with Gasteiger partial charge in [-0.2, -0.15) is 0 Å². The molecule has 1 aliphatic carbocycles. The summed E-state index contributed by atoms with van der Waals surface area (Å²) in [6.07, 6.45) is 5.22. The van der Waals surface area contributed by atoms with E-state index in [1.54, 1.807) is 0 Å². The van der Waals surface area contributed by atoms with Gasteiger partial charge in [0.15, 0.2) is 0 Å². The molecule has 2 heterocycles. The highest BCUT2D eigenvalue weighted by molar-refractivity contribution is 6.79. The predicted octanol–water partition coefficient (Wildman–Crippen LogP) is 3.25. The van der Waals surface area contributed by atoms with Crippen molar-refractivity contribution < 1.29 is 23.4 Å². The van der Waals surface area contributed by atoms with Crippen molar-refractivity contribution in [1.29, 1.82) is 0 Å². The molecule has 2 aromatic rings. The lowest BCUT2D eigenvalue weighted by molar-refractivity contribution is -0.467. The standard InChI is InChI=1S/C24H26BNO4/c1-16-11-13-18(14-12-16)17(2)26-15-19-7-3-6-10-22(19)25(26)29-23(27)20-8-4-5-9-21(20)24(28)30-25/h3,6-7,10-15,17,20-21H,4-5,8-9H2,1-2H3/t17?,20-,21-/m1/s1. The van der Waals surface area contributed by atoms with Crippen LogP contribution in [0, 0.1) is 18.8 Å². The third-order valence-electron chi connectivity index (χ3n) is 7.00. The van der Waals surface area contributed by atoms with Crippen molar-refractivity contribution in [1.82, 2.24) is 0 Å². The molecule has 0 amide bonds. The lowest BCUT2D eigenvalue weighted by Crippen LogP contribution is -2.62. The molecule has 2 aliphatic heterocycles. The fourth-order valence-electron chi connectivity index (χ4n) is 5.26. The largest absolute Gasteiger partial charge is 0.684 e. The van der Waals surface area contributed by atoms with Gasteiger partial charge in [0.05, 0.1) is 11.8 Å². The summed E-state index contributed by atoms with van der Waals surface area (Å²) >= 11 is 0. The van der Waals surface area contributed by atoms with Gasteiger partial charge < -0.3 is 13.8 Å². The number of fused-ring (bicyclic) bond motifs is 3. The SMILES string of the molecule is Cc1ccc(C(C)[N+]2=Cc3ccccc3[B-]23OC(=O)[C@@H]2CCCC[C@H]2C(=O)O3)cc1. The van der Waals surface area contributed by atoms with Crippen molar-refractivity contribution in [3.05, 3.63) is 65.2 Å². The Morgan fingerprint density at radius 3 is 2.17 bits per heavy atom. The van der Waals surface area contributed by atoms with Crippen LogP contribution in [-0.2, 0) is 18.9 Å². The summed E-state index contributed by atoms with van der Waals surface area (Å²) in [4.78, 5) is 26.5. The molecule has 0 radical (unpaired) electrons. The molecule has 154 valence electrons. The molecule has 1 unspecified atom stereocenters. The van der Waals surface area contributed by atoms with Crippen molar-refractivity contribution >= 4 is 30.3 Å². The van der Waals surface area contributed by atoms with Crippen LogP contribution < -0.4 is 5.46 Å². The summed E-state index contributed by atoms with van der Waals surface area (Å²) in [7, 11) is 0. The van der Waals surface area contributed by atoms with Gasteiger partial charge >= 0.3 is 6.69 Å². The lowest BCUT2D eigenvalue weighted by atomic mass is 9.62. The molecule has 0 bridgehead atoms. The van der Waals surface area contributed by atoms with Crippen molar-refractivity contribution in [2.45, 2.75) is 45.6 Å². The molecular formula is C24H26BNO4. The van der Waals surface area contributed by atoms with E-state index in [-0.39, 0.29) is 18.0 Å². The van der Waals surface area contributed by atoms with Crippen LogP contribution in [-0.4, -0.2) is 29.3 Å². The van der Waals surface area contributed by atoms with E-state index in [1.807, 2.05) is 41.9 Å². The second-order valence-corrected chi connectivity index (χ2v) is 8.83. The summed E-state index contributed by atoms with van der Waals surface area (Å²) in [5, 5.41) is 0. The Morgan fingerprint density at radius 1 is 0.933 bits per heavy atom. The predicted molar refractivity (Wildman–Crippen MR) is 114 cm³/mol. The summed E-state index contributed by atoms with van der Waals surface area (Å²) in [6.45, 7) is 1.66. The van der Waals surface area contributed by atoms with Crippen LogP contribution in [0.1, 0.15) is 55.3 Å². The molecule has 2 aromatic carbocycles. The normalized spacial score (nSPS) is 25.5. The number of rotatable bonds is 2. The topological polar surface area (TPSA) is 55.6 Å². The Labute approximate surface area is 176 Å². The quantitative estimate of drug-likeness (QED) is 0.723. The van der Waals surface area contributed by atoms with Gasteiger partial charge in [-0.05, 0) is 32.2 Å². The Morgan fingerprint density at radius 2 is 1.53 bits per heavy atom.